The normalized spacial score (nSPS) is 17.3. The van der Waals surface area contributed by atoms with Gasteiger partial charge in [0, 0.05) is 0 Å². The van der Waals surface area contributed by atoms with E-state index in [0.717, 1.165) is 16.7 Å². The Labute approximate surface area is 167 Å². The molecule has 0 bridgehead atoms. The maximum Gasteiger partial charge on any atom is 0.335 e. The van der Waals surface area contributed by atoms with E-state index in [0.29, 0.717) is 5.56 Å². The fraction of sp³-hybridized carbons (Fsp3) is 0.346. The molecule has 0 spiro atoms. The van der Waals surface area contributed by atoms with Crippen LogP contribution in [0.5, 0.6) is 0 Å². The molecule has 2 nitrogen and oxygen atoms in total. The molecular weight excluding hydrogens is 344 g/mol. The average Bonchev–Trinajstić information content (AvgIpc) is 2.64. The molecule has 0 radical (unpaired) electrons. The standard InChI is InChI=1S/C26H28O2/c1-16-12-19(24(27)28)8-9-21(16)18-7-6-17-14-22-23(15-20(17)13-18)26(4,5)11-10-25(22,2)3/h6-9,12-15H,10-11H2,1-5H3,(H,27,28). The van der Waals surface area contributed by atoms with Gasteiger partial charge in [-0.15, -0.1) is 0 Å². The monoisotopic (exact) mass is 372 g/mol. The SMILES string of the molecule is Cc1cc(C(=O)O)ccc1-c1ccc2cc3c(cc2c1)C(C)(C)CCC3(C)C. The molecule has 3 aromatic rings. The van der Waals surface area contributed by atoms with E-state index >= 15 is 0 Å². The molecule has 0 aliphatic heterocycles. The van der Waals surface area contributed by atoms with Crippen molar-refractivity contribution >= 4 is 16.7 Å². The van der Waals surface area contributed by atoms with E-state index in [1.807, 2.05) is 13.0 Å². The Morgan fingerprint density at radius 1 is 0.821 bits per heavy atom. The van der Waals surface area contributed by atoms with Crippen molar-refractivity contribution in [3.05, 3.63) is 70.8 Å². The first-order valence-corrected chi connectivity index (χ1v) is 10.0. The second-order valence-corrected chi connectivity index (χ2v) is 9.56. The van der Waals surface area contributed by atoms with Gasteiger partial charge in [0.1, 0.15) is 0 Å². The fourth-order valence-corrected chi connectivity index (χ4v) is 4.60. The van der Waals surface area contributed by atoms with Gasteiger partial charge in [-0.25, -0.2) is 4.79 Å². The molecule has 0 unspecified atom stereocenters. The topological polar surface area (TPSA) is 37.3 Å². The van der Waals surface area contributed by atoms with Gasteiger partial charge >= 0.3 is 5.97 Å². The van der Waals surface area contributed by atoms with Gasteiger partial charge in [0.05, 0.1) is 5.56 Å². The first kappa shape index (κ1) is 18.7. The molecule has 0 fully saturated rings. The van der Waals surface area contributed by atoms with Crippen LogP contribution >= 0.6 is 0 Å². The van der Waals surface area contributed by atoms with Gasteiger partial charge in [-0.05, 0) is 87.4 Å². The summed E-state index contributed by atoms with van der Waals surface area (Å²) in [6.45, 7) is 11.4. The summed E-state index contributed by atoms with van der Waals surface area (Å²) in [4.78, 5) is 11.2. The summed E-state index contributed by atoms with van der Waals surface area (Å²) in [5.41, 5.74) is 6.88. The molecule has 0 amide bonds. The Morgan fingerprint density at radius 2 is 1.43 bits per heavy atom. The molecule has 3 aromatic carbocycles. The van der Waals surface area contributed by atoms with Crippen LogP contribution in [0.25, 0.3) is 21.9 Å². The Balaban J connectivity index is 1.88. The predicted octanol–water partition coefficient (Wildman–Crippen LogP) is 6.86. The number of aryl methyl sites for hydroxylation is 1. The molecule has 0 saturated carbocycles. The Bertz CT molecular complexity index is 1100. The van der Waals surface area contributed by atoms with Gasteiger partial charge in [-0.3, -0.25) is 0 Å². The van der Waals surface area contributed by atoms with E-state index in [1.54, 1.807) is 12.1 Å². The van der Waals surface area contributed by atoms with Gasteiger partial charge < -0.3 is 5.11 Å². The minimum atomic E-state index is -0.885. The highest BCUT2D eigenvalue weighted by molar-refractivity contribution is 5.91. The van der Waals surface area contributed by atoms with Gasteiger partial charge in [0.25, 0.3) is 0 Å². The summed E-state index contributed by atoms with van der Waals surface area (Å²) < 4.78 is 0. The van der Waals surface area contributed by atoms with Gasteiger partial charge in [0.15, 0.2) is 0 Å². The van der Waals surface area contributed by atoms with Crippen molar-refractivity contribution in [3.8, 4) is 11.1 Å². The third kappa shape index (κ3) is 3.01. The zero-order valence-corrected chi connectivity index (χ0v) is 17.4. The summed E-state index contributed by atoms with van der Waals surface area (Å²) in [6, 6.07) is 16.7. The molecule has 4 rings (SSSR count). The molecule has 28 heavy (non-hydrogen) atoms. The van der Waals surface area contributed by atoms with E-state index in [4.69, 9.17) is 0 Å². The highest BCUT2D eigenvalue weighted by atomic mass is 16.4. The summed E-state index contributed by atoms with van der Waals surface area (Å²) in [5, 5.41) is 11.7. The van der Waals surface area contributed by atoms with Crippen LogP contribution in [0.2, 0.25) is 0 Å². The number of hydrogen-bond donors (Lipinski definition) is 1. The van der Waals surface area contributed by atoms with Crippen molar-refractivity contribution < 1.29 is 9.90 Å². The molecular formula is C26H28O2. The van der Waals surface area contributed by atoms with E-state index in [-0.39, 0.29) is 10.8 Å². The summed E-state index contributed by atoms with van der Waals surface area (Å²) in [6.07, 6.45) is 2.42. The van der Waals surface area contributed by atoms with Gasteiger partial charge in [-0.1, -0.05) is 58.0 Å². The van der Waals surface area contributed by atoms with Crippen LogP contribution in [0.3, 0.4) is 0 Å². The van der Waals surface area contributed by atoms with Crippen molar-refractivity contribution in [2.75, 3.05) is 0 Å². The van der Waals surface area contributed by atoms with Gasteiger partial charge in [0.2, 0.25) is 0 Å². The molecule has 2 heteroatoms. The van der Waals surface area contributed by atoms with Crippen molar-refractivity contribution in [3.63, 3.8) is 0 Å². The lowest BCUT2D eigenvalue weighted by atomic mass is 9.63. The number of fused-ring (bicyclic) bond motifs is 2. The maximum atomic E-state index is 11.2. The lowest BCUT2D eigenvalue weighted by Gasteiger charge is -2.42. The Hall–Kier alpha value is -2.61. The zero-order chi connectivity index (χ0) is 20.3. The Morgan fingerprint density at radius 3 is 2.00 bits per heavy atom. The highest BCUT2D eigenvalue weighted by Crippen LogP contribution is 2.47. The maximum absolute atomic E-state index is 11.2. The number of benzene rings is 3. The van der Waals surface area contributed by atoms with Crippen LogP contribution in [-0.4, -0.2) is 11.1 Å². The number of hydrogen-bond acceptors (Lipinski definition) is 1. The first-order chi connectivity index (χ1) is 13.1. The quantitative estimate of drug-likeness (QED) is 0.533. The fourth-order valence-electron chi connectivity index (χ4n) is 4.60. The van der Waals surface area contributed by atoms with Crippen molar-refractivity contribution in [1.82, 2.24) is 0 Å². The lowest BCUT2D eigenvalue weighted by molar-refractivity contribution is 0.0697. The average molecular weight is 373 g/mol. The van der Waals surface area contributed by atoms with Crippen molar-refractivity contribution in [2.24, 2.45) is 0 Å². The summed E-state index contributed by atoms with van der Waals surface area (Å²) in [5.74, 6) is -0.885. The smallest absolute Gasteiger partial charge is 0.335 e. The molecule has 0 saturated heterocycles. The number of carboxylic acids is 1. The van der Waals surface area contributed by atoms with E-state index in [1.165, 1.54) is 34.7 Å². The third-order valence-electron chi connectivity index (χ3n) is 6.59. The highest BCUT2D eigenvalue weighted by Gasteiger charge is 2.37. The molecule has 0 heterocycles. The lowest BCUT2D eigenvalue weighted by Crippen LogP contribution is -2.33. The number of carboxylic acid groups (broad SMARTS) is 1. The van der Waals surface area contributed by atoms with Crippen LogP contribution in [0.15, 0.2) is 48.5 Å². The van der Waals surface area contributed by atoms with E-state index in [9.17, 15) is 9.90 Å². The summed E-state index contributed by atoms with van der Waals surface area (Å²) >= 11 is 0. The van der Waals surface area contributed by atoms with Crippen LogP contribution in [0, 0.1) is 6.92 Å². The Kier molecular flexibility index (Phi) is 4.15. The van der Waals surface area contributed by atoms with Crippen molar-refractivity contribution in [1.29, 1.82) is 0 Å². The second-order valence-electron chi connectivity index (χ2n) is 9.56. The van der Waals surface area contributed by atoms with E-state index < -0.39 is 5.97 Å². The number of rotatable bonds is 2. The molecule has 144 valence electrons. The summed E-state index contributed by atoms with van der Waals surface area (Å²) in [7, 11) is 0. The largest absolute Gasteiger partial charge is 0.478 e. The number of aromatic carboxylic acids is 1. The van der Waals surface area contributed by atoms with Crippen LogP contribution in [0.4, 0.5) is 0 Å². The van der Waals surface area contributed by atoms with Crippen LogP contribution in [-0.2, 0) is 10.8 Å². The molecule has 0 aromatic heterocycles. The molecule has 0 atom stereocenters. The molecule has 1 N–H and O–H groups in total. The second kappa shape index (κ2) is 6.20. The predicted molar refractivity (Wildman–Crippen MR) is 116 cm³/mol. The van der Waals surface area contributed by atoms with Crippen LogP contribution in [0.1, 0.15) is 67.6 Å². The minimum absolute atomic E-state index is 0.189. The molecule has 1 aliphatic rings. The van der Waals surface area contributed by atoms with Gasteiger partial charge in [-0.2, -0.15) is 0 Å². The van der Waals surface area contributed by atoms with Crippen molar-refractivity contribution in [2.45, 2.75) is 58.3 Å². The number of carbonyl (C=O) groups is 1. The third-order valence-corrected chi connectivity index (χ3v) is 6.59. The van der Waals surface area contributed by atoms with Crippen LogP contribution < -0.4 is 0 Å². The molecule has 1 aliphatic carbocycles. The van der Waals surface area contributed by atoms with E-state index in [2.05, 4.69) is 58.0 Å². The zero-order valence-electron chi connectivity index (χ0n) is 17.4. The minimum Gasteiger partial charge on any atom is -0.478 e. The first-order valence-electron chi connectivity index (χ1n) is 10.0.